The first kappa shape index (κ1) is 13.1. The van der Waals surface area contributed by atoms with Crippen LogP contribution in [0.25, 0.3) is 0 Å². The zero-order chi connectivity index (χ0) is 12.1. The molecule has 1 rings (SSSR count). The molecule has 0 saturated heterocycles. The molecule has 0 bridgehead atoms. The fourth-order valence-electron chi connectivity index (χ4n) is 1.74. The first-order valence-electron chi connectivity index (χ1n) is 5.34. The summed E-state index contributed by atoms with van der Waals surface area (Å²) in [5.74, 6) is 0.0504. The predicted octanol–water partition coefficient (Wildman–Crippen LogP) is 3.49. The van der Waals surface area contributed by atoms with E-state index < -0.39 is 0 Å². The molecule has 1 unspecified atom stereocenters. The van der Waals surface area contributed by atoms with E-state index >= 15 is 0 Å². The van der Waals surface area contributed by atoms with Gasteiger partial charge >= 0.3 is 0 Å². The Morgan fingerprint density at radius 1 is 1.50 bits per heavy atom. The molecule has 0 saturated carbocycles. The molecule has 16 heavy (non-hydrogen) atoms. The number of halogens is 1. The minimum absolute atomic E-state index is 0.0504. The van der Waals surface area contributed by atoms with Crippen molar-refractivity contribution in [3.63, 3.8) is 0 Å². The topological polar surface area (TPSA) is 27.0 Å². The molecular weight excluding hydrogens is 264 g/mol. The SMILES string of the molecule is Cc1ccc(N(C)CC(C)C#N)c(CBr)c1. The van der Waals surface area contributed by atoms with Crippen molar-refractivity contribution in [2.24, 2.45) is 5.92 Å². The number of benzene rings is 1. The number of nitriles is 1. The highest BCUT2D eigenvalue weighted by molar-refractivity contribution is 9.08. The maximum atomic E-state index is 8.82. The number of hydrogen-bond acceptors (Lipinski definition) is 2. The highest BCUT2D eigenvalue weighted by Gasteiger charge is 2.09. The van der Waals surface area contributed by atoms with Gasteiger partial charge in [0.15, 0.2) is 0 Å². The summed E-state index contributed by atoms with van der Waals surface area (Å²) in [6.07, 6.45) is 0. The molecule has 2 nitrogen and oxygen atoms in total. The molecule has 0 amide bonds. The Labute approximate surface area is 106 Å². The van der Waals surface area contributed by atoms with Crippen molar-refractivity contribution in [1.82, 2.24) is 0 Å². The highest BCUT2D eigenvalue weighted by Crippen LogP contribution is 2.23. The second-order valence-electron chi connectivity index (χ2n) is 4.18. The van der Waals surface area contributed by atoms with Crippen LogP contribution < -0.4 is 4.90 Å². The normalized spacial score (nSPS) is 11.9. The molecule has 86 valence electrons. The second-order valence-corrected chi connectivity index (χ2v) is 4.74. The van der Waals surface area contributed by atoms with Crippen molar-refractivity contribution in [1.29, 1.82) is 5.26 Å². The minimum atomic E-state index is 0.0504. The van der Waals surface area contributed by atoms with Gasteiger partial charge in [-0.1, -0.05) is 33.6 Å². The van der Waals surface area contributed by atoms with Gasteiger partial charge < -0.3 is 4.90 Å². The summed E-state index contributed by atoms with van der Waals surface area (Å²) in [6.45, 7) is 4.80. The fraction of sp³-hybridized carbons (Fsp3) is 0.462. The van der Waals surface area contributed by atoms with Crippen molar-refractivity contribution in [2.75, 3.05) is 18.5 Å². The van der Waals surface area contributed by atoms with E-state index in [0.29, 0.717) is 0 Å². The molecule has 1 atom stereocenters. The lowest BCUT2D eigenvalue weighted by Crippen LogP contribution is -2.24. The average Bonchev–Trinajstić information content (AvgIpc) is 2.28. The molecule has 0 aromatic heterocycles. The number of alkyl halides is 1. The maximum absolute atomic E-state index is 8.82. The average molecular weight is 281 g/mol. The van der Waals surface area contributed by atoms with Crippen LogP contribution in [0, 0.1) is 24.2 Å². The van der Waals surface area contributed by atoms with Gasteiger partial charge in [0.2, 0.25) is 0 Å². The predicted molar refractivity (Wildman–Crippen MR) is 71.9 cm³/mol. The molecular formula is C13H17BrN2. The van der Waals surface area contributed by atoms with Gasteiger partial charge in [0.05, 0.1) is 12.0 Å². The summed E-state index contributed by atoms with van der Waals surface area (Å²) >= 11 is 3.50. The molecule has 0 radical (unpaired) electrons. The molecule has 0 aliphatic heterocycles. The second kappa shape index (κ2) is 5.91. The molecule has 0 spiro atoms. The van der Waals surface area contributed by atoms with Gasteiger partial charge in [-0.25, -0.2) is 0 Å². The van der Waals surface area contributed by atoms with Crippen LogP contribution in [0.15, 0.2) is 18.2 Å². The first-order valence-corrected chi connectivity index (χ1v) is 6.47. The lowest BCUT2D eigenvalue weighted by Gasteiger charge is -2.23. The zero-order valence-corrected chi connectivity index (χ0v) is 11.6. The molecule has 0 aliphatic carbocycles. The lowest BCUT2D eigenvalue weighted by molar-refractivity contribution is 0.715. The van der Waals surface area contributed by atoms with E-state index in [9.17, 15) is 0 Å². The van der Waals surface area contributed by atoms with E-state index in [1.807, 2.05) is 14.0 Å². The van der Waals surface area contributed by atoms with Crippen molar-refractivity contribution >= 4 is 21.6 Å². The summed E-state index contributed by atoms with van der Waals surface area (Å²) in [5.41, 5.74) is 3.73. The van der Waals surface area contributed by atoms with Crippen molar-refractivity contribution in [3.8, 4) is 6.07 Å². The fourth-order valence-corrected chi connectivity index (χ4v) is 2.19. The number of rotatable bonds is 4. The van der Waals surface area contributed by atoms with Gasteiger partial charge in [0.25, 0.3) is 0 Å². The van der Waals surface area contributed by atoms with Crippen LogP contribution in [0.5, 0.6) is 0 Å². The van der Waals surface area contributed by atoms with E-state index in [2.05, 4.69) is 52.0 Å². The first-order chi connectivity index (χ1) is 7.58. The van der Waals surface area contributed by atoms with E-state index in [4.69, 9.17) is 5.26 Å². The Hall–Kier alpha value is -1.01. The molecule has 0 aliphatic rings. The van der Waals surface area contributed by atoms with Gasteiger partial charge in [-0.05, 0) is 25.5 Å². The Bertz CT molecular complexity index is 395. The third kappa shape index (κ3) is 3.24. The smallest absolute Gasteiger partial charge is 0.0671 e. The van der Waals surface area contributed by atoms with E-state index in [1.165, 1.54) is 16.8 Å². The summed E-state index contributed by atoms with van der Waals surface area (Å²) in [6, 6.07) is 8.67. The molecule has 0 fully saturated rings. The van der Waals surface area contributed by atoms with Crippen LogP contribution in [0.1, 0.15) is 18.1 Å². The van der Waals surface area contributed by atoms with Gasteiger partial charge in [-0.2, -0.15) is 5.26 Å². The Morgan fingerprint density at radius 2 is 2.19 bits per heavy atom. The van der Waals surface area contributed by atoms with Crippen LogP contribution in [0.3, 0.4) is 0 Å². The van der Waals surface area contributed by atoms with Gasteiger partial charge in [-0.3, -0.25) is 0 Å². The third-order valence-electron chi connectivity index (χ3n) is 2.56. The van der Waals surface area contributed by atoms with Gasteiger partial charge in [0, 0.05) is 24.6 Å². The quantitative estimate of drug-likeness (QED) is 0.790. The van der Waals surface area contributed by atoms with Crippen LogP contribution in [-0.4, -0.2) is 13.6 Å². The van der Waals surface area contributed by atoms with Crippen LogP contribution >= 0.6 is 15.9 Å². The van der Waals surface area contributed by atoms with Gasteiger partial charge in [-0.15, -0.1) is 0 Å². The Morgan fingerprint density at radius 3 is 2.75 bits per heavy atom. The molecule has 1 aromatic rings. The maximum Gasteiger partial charge on any atom is 0.0671 e. The third-order valence-corrected chi connectivity index (χ3v) is 3.16. The summed E-state index contributed by atoms with van der Waals surface area (Å²) in [5, 5.41) is 9.66. The molecule has 0 N–H and O–H groups in total. The van der Waals surface area contributed by atoms with E-state index in [-0.39, 0.29) is 5.92 Å². The lowest BCUT2D eigenvalue weighted by atomic mass is 10.1. The molecule has 0 heterocycles. The molecule has 1 aromatic carbocycles. The zero-order valence-electron chi connectivity index (χ0n) is 10.00. The van der Waals surface area contributed by atoms with Crippen molar-refractivity contribution < 1.29 is 0 Å². The largest absolute Gasteiger partial charge is 0.373 e. The number of anilines is 1. The number of nitrogens with zero attached hydrogens (tertiary/aromatic N) is 2. The van der Waals surface area contributed by atoms with Crippen molar-refractivity contribution in [2.45, 2.75) is 19.2 Å². The standard InChI is InChI=1S/C13H17BrN2/c1-10-4-5-13(12(6-10)7-14)16(3)9-11(2)8-15/h4-6,11H,7,9H2,1-3H3. The minimum Gasteiger partial charge on any atom is -0.373 e. The van der Waals surface area contributed by atoms with Crippen LogP contribution in [0.4, 0.5) is 5.69 Å². The van der Waals surface area contributed by atoms with Crippen LogP contribution in [-0.2, 0) is 5.33 Å². The Balaban J connectivity index is 2.91. The Kier molecular flexibility index (Phi) is 4.82. The van der Waals surface area contributed by atoms with Gasteiger partial charge in [0.1, 0.15) is 0 Å². The van der Waals surface area contributed by atoms with Crippen molar-refractivity contribution in [3.05, 3.63) is 29.3 Å². The van der Waals surface area contributed by atoms with E-state index in [1.54, 1.807) is 0 Å². The summed E-state index contributed by atoms with van der Waals surface area (Å²) in [4.78, 5) is 2.14. The molecule has 3 heteroatoms. The number of aryl methyl sites for hydroxylation is 1. The number of hydrogen-bond donors (Lipinski definition) is 0. The highest BCUT2D eigenvalue weighted by atomic mass is 79.9. The summed E-state index contributed by atoms with van der Waals surface area (Å²) in [7, 11) is 2.03. The van der Waals surface area contributed by atoms with Crippen LogP contribution in [0.2, 0.25) is 0 Å². The van der Waals surface area contributed by atoms with E-state index in [0.717, 1.165) is 11.9 Å². The monoisotopic (exact) mass is 280 g/mol. The summed E-state index contributed by atoms with van der Waals surface area (Å²) < 4.78 is 0.